The molecule has 1 aliphatic rings. The monoisotopic (exact) mass is 141 g/mol. The molecule has 1 rings (SSSR count). The van der Waals surface area contributed by atoms with E-state index in [1.807, 2.05) is 0 Å². The fourth-order valence-corrected chi connectivity index (χ4v) is 1.19. The first kappa shape index (κ1) is 7.76. The van der Waals surface area contributed by atoms with Gasteiger partial charge in [-0.05, 0) is 19.5 Å². The summed E-state index contributed by atoms with van der Waals surface area (Å²) in [5.74, 6) is 0. The van der Waals surface area contributed by atoms with Crippen molar-refractivity contribution < 1.29 is 4.74 Å². The fourth-order valence-electron chi connectivity index (χ4n) is 1.19. The SMILES string of the molecule is COC1CN(C)CC=C1C. The van der Waals surface area contributed by atoms with Crippen LogP contribution in [-0.2, 0) is 4.74 Å². The second-order valence-electron chi connectivity index (χ2n) is 2.89. The summed E-state index contributed by atoms with van der Waals surface area (Å²) in [6, 6.07) is 0. The minimum absolute atomic E-state index is 0.318. The van der Waals surface area contributed by atoms with E-state index in [0.29, 0.717) is 6.10 Å². The Bertz CT molecular complexity index is 142. The maximum absolute atomic E-state index is 5.26. The van der Waals surface area contributed by atoms with Gasteiger partial charge in [0, 0.05) is 20.2 Å². The third-order valence-corrected chi connectivity index (χ3v) is 1.99. The molecule has 0 bridgehead atoms. The molecule has 0 aromatic carbocycles. The summed E-state index contributed by atoms with van der Waals surface area (Å²) in [5, 5.41) is 0. The summed E-state index contributed by atoms with van der Waals surface area (Å²) in [5.41, 5.74) is 1.36. The lowest BCUT2D eigenvalue weighted by Gasteiger charge is -2.27. The molecule has 1 unspecified atom stereocenters. The Morgan fingerprint density at radius 2 is 2.40 bits per heavy atom. The van der Waals surface area contributed by atoms with Crippen LogP contribution >= 0.6 is 0 Å². The Hall–Kier alpha value is -0.340. The molecule has 0 aromatic rings. The highest BCUT2D eigenvalue weighted by Crippen LogP contribution is 2.11. The third-order valence-electron chi connectivity index (χ3n) is 1.99. The van der Waals surface area contributed by atoms with Crippen LogP contribution in [0, 0.1) is 0 Å². The molecule has 0 saturated heterocycles. The van der Waals surface area contributed by atoms with Gasteiger partial charge in [-0.2, -0.15) is 0 Å². The molecular weight excluding hydrogens is 126 g/mol. The maximum Gasteiger partial charge on any atom is 0.0905 e. The van der Waals surface area contributed by atoms with Gasteiger partial charge in [-0.25, -0.2) is 0 Å². The van der Waals surface area contributed by atoms with Crippen LogP contribution in [0.4, 0.5) is 0 Å². The minimum atomic E-state index is 0.318. The standard InChI is InChI=1S/C8H15NO/c1-7-4-5-9(2)6-8(7)10-3/h4,8H,5-6H2,1-3H3. The minimum Gasteiger partial charge on any atom is -0.376 e. The molecule has 2 nitrogen and oxygen atoms in total. The first-order valence-electron chi connectivity index (χ1n) is 3.62. The smallest absolute Gasteiger partial charge is 0.0905 e. The van der Waals surface area contributed by atoms with Crippen LogP contribution in [0.2, 0.25) is 0 Å². The van der Waals surface area contributed by atoms with Crippen molar-refractivity contribution in [3.05, 3.63) is 11.6 Å². The average Bonchev–Trinajstić information content (AvgIpc) is 1.94. The molecule has 1 aliphatic heterocycles. The van der Waals surface area contributed by atoms with Crippen LogP contribution < -0.4 is 0 Å². The molecule has 0 aliphatic carbocycles. The van der Waals surface area contributed by atoms with Gasteiger partial charge in [0.25, 0.3) is 0 Å². The second kappa shape index (κ2) is 3.17. The molecule has 0 radical (unpaired) electrons. The van der Waals surface area contributed by atoms with Crippen molar-refractivity contribution in [3.63, 3.8) is 0 Å². The number of hydrogen-bond acceptors (Lipinski definition) is 2. The predicted octanol–water partition coefficient (Wildman–Crippen LogP) is 0.893. The first-order chi connectivity index (χ1) is 4.74. The lowest BCUT2D eigenvalue weighted by atomic mass is 10.1. The average molecular weight is 141 g/mol. The van der Waals surface area contributed by atoms with Gasteiger partial charge in [0.15, 0.2) is 0 Å². The molecule has 0 spiro atoms. The lowest BCUT2D eigenvalue weighted by Crippen LogP contribution is -2.35. The maximum atomic E-state index is 5.26. The summed E-state index contributed by atoms with van der Waals surface area (Å²) in [4.78, 5) is 2.25. The highest BCUT2D eigenvalue weighted by molar-refractivity contribution is 5.10. The zero-order valence-corrected chi connectivity index (χ0v) is 6.92. The molecule has 0 saturated carbocycles. The number of ether oxygens (including phenoxy) is 1. The Kier molecular flexibility index (Phi) is 2.46. The largest absolute Gasteiger partial charge is 0.376 e. The predicted molar refractivity (Wildman–Crippen MR) is 42.1 cm³/mol. The highest BCUT2D eigenvalue weighted by Gasteiger charge is 2.15. The van der Waals surface area contributed by atoms with Gasteiger partial charge >= 0.3 is 0 Å². The van der Waals surface area contributed by atoms with Crippen molar-refractivity contribution in [2.45, 2.75) is 13.0 Å². The molecule has 1 atom stereocenters. The summed E-state index contributed by atoms with van der Waals surface area (Å²) >= 11 is 0. The Labute approximate surface area is 62.5 Å². The van der Waals surface area contributed by atoms with Gasteiger partial charge in [0.1, 0.15) is 0 Å². The van der Waals surface area contributed by atoms with Crippen molar-refractivity contribution in [3.8, 4) is 0 Å². The number of likely N-dealkylation sites (N-methyl/N-ethyl adjacent to an activating group) is 1. The Balaban J connectivity index is 2.56. The number of rotatable bonds is 1. The number of nitrogens with zero attached hydrogens (tertiary/aromatic N) is 1. The van der Waals surface area contributed by atoms with Crippen molar-refractivity contribution in [1.82, 2.24) is 4.90 Å². The zero-order chi connectivity index (χ0) is 7.56. The van der Waals surface area contributed by atoms with Crippen LogP contribution in [0.3, 0.4) is 0 Å². The lowest BCUT2D eigenvalue weighted by molar-refractivity contribution is 0.0931. The van der Waals surface area contributed by atoms with E-state index in [-0.39, 0.29) is 0 Å². The van der Waals surface area contributed by atoms with Gasteiger partial charge in [0.2, 0.25) is 0 Å². The second-order valence-corrected chi connectivity index (χ2v) is 2.89. The summed E-state index contributed by atoms with van der Waals surface area (Å²) in [7, 11) is 3.87. The molecule has 58 valence electrons. The number of hydrogen-bond donors (Lipinski definition) is 0. The molecule has 0 fully saturated rings. The molecule has 10 heavy (non-hydrogen) atoms. The van der Waals surface area contributed by atoms with Crippen LogP contribution in [0.25, 0.3) is 0 Å². The van der Waals surface area contributed by atoms with Gasteiger partial charge in [0.05, 0.1) is 6.10 Å². The van der Waals surface area contributed by atoms with Crippen LogP contribution in [0.5, 0.6) is 0 Å². The zero-order valence-electron chi connectivity index (χ0n) is 6.92. The van der Waals surface area contributed by atoms with Gasteiger partial charge in [-0.15, -0.1) is 0 Å². The van der Waals surface area contributed by atoms with Crippen LogP contribution in [0.1, 0.15) is 6.92 Å². The van der Waals surface area contributed by atoms with E-state index < -0.39 is 0 Å². The topological polar surface area (TPSA) is 12.5 Å². The normalized spacial score (nSPS) is 28.3. The van der Waals surface area contributed by atoms with Crippen molar-refractivity contribution >= 4 is 0 Å². The van der Waals surface area contributed by atoms with Crippen LogP contribution in [0.15, 0.2) is 11.6 Å². The van der Waals surface area contributed by atoms with E-state index in [1.54, 1.807) is 7.11 Å². The van der Waals surface area contributed by atoms with Gasteiger partial charge in [-0.1, -0.05) is 6.08 Å². The van der Waals surface area contributed by atoms with E-state index in [2.05, 4.69) is 24.9 Å². The van der Waals surface area contributed by atoms with Crippen molar-refractivity contribution in [2.75, 3.05) is 27.2 Å². The van der Waals surface area contributed by atoms with E-state index in [0.717, 1.165) is 13.1 Å². The van der Waals surface area contributed by atoms with E-state index >= 15 is 0 Å². The quantitative estimate of drug-likeness (QED) is 0.503. The summed E-state index contributed by atoms with van der Waals surface area (Å²) in [6.45, 7) is 4.21. The first-order valence-corrected chi connectivity index (χ1v) is 3.62. The van der Waals surface area contributed by atoms with Crippen molar-refractivity contribution in [1.29, 1.82) is 0 Å². The van der Waals surface area contributed by atoms with Gasteiger partial charge < -0.3 is 4.74 Å². The van der Waals surface area contributed by atoms with Crippen LogP contribution in [-0.4, -0.2) is 38.3 Å². The van der Waals surface area contributed by atoms with Crippen molar-refractivity contribution in [2.24, 2.45) is 0 Å². The van der Waals surface area contributed by atoms with E-state index in [1.165, 1.54) is 5.57 Å². The fraction of sp³-hybridized carbons (Fsp3) is 0.750. The Morgan fingerprint density at radius 1 is 1.70 bits per heavy atom. The van der Waals surface area contributed by atoms with Gasteiger partial charge in [-0.3, -0.25) is 4.90 Å². The summed E-state index contributed by atoms with van der Waals surface area (Å²) < 4.78 is 5.26. The molecule has 0 aromatic heterocycles. The molecule has 0 amide bonds. The molecule has 1 heterocycles. The summed E-state index contributed by atoms with van der Waals surface area (Å²) in [6.07, 6.45) is 2.54. The highest BCUT2D eigenvalue weighted by atomic mass is 16.5. The van der Waals surface area contributed by atoms with E-state index in [9.17, 15) is 0 Å². The third kappa shape index (κ3) is 1.58. The number of methoxy groups -OCH3 is 1. The van der Waals surface area contributed by atoms with E-state index in [4.69, 9.17) is 4.74 Å². The molecule has 2 heteroatoms. The molecule has 0 N–H and O–H groups in total. The Morgan fingerprint density at radius 3 is 2.90 bits per heavy atom. The molecular formula is C8H15NO.